The number of hydrogen-bond acceptors (Lipinski definition) is 14. The van der Waals surface area contributed by atoms with Crippen LogP contribution in [0.3, 0.4) is 0 Å². The first-order chi connectivity index (χ1) is 18.3. The number of carbonyl (C=O) groups is 2. The van der Waals surface area contributed by atoms with Gasteiger partial charge in [0, 0.05) is 17.7 Å². The standard InChI is InChI=1S/C24H24O15/c25-9-3-11(26)10-5-15(23(37-14(10)4-9)8-1-12(27)19(32)13(28)2-8)38-24-22(35)21(34)20(33)16(39-24)7-36-18(31)6-17(29)30/h1-5,16,20-28,32-35H,6-7H2,(H,29,30). The number of carboxylic acids is 1. The van der Waals surface area contributed by atoms with Crippen LogP contribution in [0.1, 0.15) is 23.7 Å². The maximum Gasteiger partial charge on any atom is 0.317 e. The van der Waals surface area contributed by atoms with E-state index in [1.807, 2.05) is 0 Å². The number of hydrogen-bond donors (Lipinski definition) is 9. The van der Waals surface area contributed by atoms with E-state index in [2.05, 4.69) is 0 Å². The Labute approximate surface area is 218 Å². The molecular formula is C24H24O15. The van der Waals surface area contributed by atoms with Crippen molar-refractivity contribution in [3.63, 3.8) is 0 Å². The Hall–Kier alpha value is -4.44. The highest BCUT2D eigenvalue weighted by molar-refractivity contribution is 5.90. The monoisotopic (exact) mass is 552 g/mol. The highest BCUT2D eigenvalue weighted by atomic mass is 16.7. The summed E-state index contributed by atoms with van der Waals surface area (Å²) in [4.78, 5) is 22.3. The number of aliphatic hydroxyl groups excluding tert-OH is 3. The zero-order valence-electron chi connectivity index (χ0n) is 19.7. The summed E-state index contributed by atoms with van der Waals surface area (Å²) in [5.41, 5.74) is 0.00358. The molecule has 6 unspecified atom stereocenters. The molecule has 2 heterocycles. The van der Waals surface area contributed by atoms with Crippen LogP contribution in [0.25, 0.3) is 6.08 Å². The van der Waals surface area contributed by atoms with Gasteiger partial charge in [-0.05, 0) is 18.2 Å². The smallest absolute Gasteiger partial charge is 0.317 e. The number of aliphatic carboxylic acids is 1. The molecule has 210 valence electrons. The molecule has 0 spiro atoms. The molecule has 9 N–H and O–H groups in total. The van der Waals surface area contributed by atoms with E-state index in [0.717, 1.165) is 24.3 Å². The van der Waals surface area contributed by atoms with Crippen LogP contribution in [0.5, 0.6) is 34.5 Å². The van der Waals surface area contributed by atoms with Crippen LogP contribution in [-0.4, -0.2) is 95.2 Å². The van der Waals surface area contributed by atoms with Crippen molar-refractivity contribution >= 4 is 18.0 Å². The second kappa shape index (κ2) is 10.7. The van der Waals surface area contributed by atoms with Crippen molar-refractivity contribution in [1.29, 1.82) is 0 Å². The van der Waals surface area contributed by atoms with Gasteiger partial charge >= 0.3 is 11.9 Å². The minimum Gasteiger partial charge on any atom is -0.508 e. The molecular weight excluding hydrogens is 528 g/mol. The minimum absolute atomic E-state index is 0.00688. The largest absolute Gasteiger partial charge is 0.508 e. The average molecular weight is 552 g/mol. The quantitative estimate of drug-likeness (QED) is 0.120. The molecule has 0 amide bonds. The maximum atomic E-state index is 11.6. The molecule has 2 aromatic carbocycles. The first kappa shape index (κ1) is 27.6. The summed E-state index contributed by atoms with van der Waals surface area (Å²) < 4.78 is 21.8. The fraction of sp³-hybridized carbons (Fsp3) is 0.333. The third-order valence-corrected chi connectivity index (χ3v) is 5.91. The number of phenolic OH excluding ortho intramolecular Hbond substituents is 5. The van der Waals surface area contributed by atoms with Crippen LogP contribution in [0.4, 0.5) is 0 Å². The lowest BCUT2D eigenvalue weighted by Crippen LogP contribution is -2.59. The van der Waals surface area contributed by atoms with E-state index in [1.165, 1.54) is 6.08 Å². The van der Waals surface area contributed by atoms with Crippen LogP contribution >= 0.6 is 0 Å². The summed E-state index contributed by atoms with van der Waals surface area (Å²) in [6.45, 7) is -0.710. The lowest BCUT2D eigenvalue weighted by atomic mass is 9.98. The zero-order valence-corrected chi connectivity index (χ0v) is 19.7. The summed E-state index contributed by atoms with van der Waals surface area (Å²) in [6, 6.07) is 4.20. The molecule has 2 aliphatic rings. The second-order valence-corrected chi connectivity index (χ2v) is 8.72. The van der Waals surface area contributed by atoms with E-state index in [0.29, 0.717) is 0 Å². The third kappa shape index (κ3) is 5.70. The first-order valence-corrected chi connectivity index (χ1v) is 11.3. The van der Waals surface area contributed by atoms with Crippen LogP contribution in [0.15, 0.2) is 30.0 Å². The Morgan fingerprint density at radius 3 is 2.18 bits per heavy atom. The number of fused-ring (bicyclic) bond motifs is 1. The molecule has 0 aliphatic carbocycles. The van der Waals surface area contributed by atoms with Crippen LogP contribution in [0.2, 0.25) is 0 Å². The Morgan fingerprint density at radius 1 is 0.872 bits per heavy atom. The van der Waals surface area contributed by atoms with E-state index >= 15 is 0 Å². The van der Waals surface area contributed by atoms with Gasteiger partial charge in [-0.1, -0.05) is 0 Å². The van der Waals surface area contributed by atoms with E-state index in [9.17, 15) is 50.4 Å². The molecule has 1 saturated heterocycles. The fourth-order valence-corrected chi connectivity index (χ4v) is 3.98. The Morgan fingerprint density at radius 2 is 1.54 bits per heavy atom. The molecule has 2 aliphatic heterocycles. The van der Waals surface area contributed by atoms with Gasteiger partial charge in [0.2, 0.25) is 6.29 Å². The highest BCUT2D eigenvalue weighted by Crippen LogP contribution is 2.46. The molecule has 0 aromatic heterocycles. The summed E-state index contributed by atoms with van der Waals surface area (Å²) in [7, 11) is 0. The number of phenols is 5. The molecule has 15 nitrogen and oxygen atoms in total. The van der Waals surface area contributed by atoms with Gasteiger partial charge in [0.1, 0.15) is 60.5 Å². The van der Waals surface area contributed by atoms with Gasteiger partial charge in [0.15, 0.2) is 23.4 Å². The molecule has 4 rings (SSSR count). The number of aliphatic hydroxyl groups is 3. The predicted octanol–water partition coefficient (Wildman–Crippen LogP) is -0.469. The van der Waals surface area contributed by atoms with Crippen molar-refractivity contribution in [3.8, 4) is 34.5 Å². The molecule has 2 aromatic rings. The van der Waals surface area contributed by atoms with Gasteiger partial charge in [-0.3, -0.25) is 9.59 Å². The van der Waals surface area contributed by atoms with Crippen molar-refractivity contribution in [1.82, 2.24) is 0 Å². The summed E-state index contributed by atoms with van der Waals surface area (Å²) in [6.07, 6.45) is -9.89. The van der Waals surface area contributed by atoms with Gasteiger partial charge in [-0.2, -0.15) is 0 Å². The topological polar surface area (TPSA) is 253 Å². The third-order valence-electron chi connectivity index (χ3n) is 5.91. The number of aromatic hydroxyl groups is 5. The van der Waals surface area contributed by atoms with Gasteiger partial charge in [0.05, 0.1) is 5.56 Å². The van der Waals surface area contributed by atoms with E-state index in [4.69, 9.17) is 24.1 Å². The summed E-state index contributed by atoms with van der Waals surface area (Å²) >= 11 is 0. The van der Waals surface area contributed by atoms with E-state index in [1.54, 1.807) is 0 Å². The van der Waals surface area contributed by atoms with Gasteiger partial charge in [0.25, 0.3) is 0 Å². The Bertz CT molecular complexity index is 1280. The van der Waals surface area contributed by atoms with Crippen molar-refractivity contribution in [2.75, 3.05) is 6.61 Å². The average Bonchev–Trinajstić information content (AvgIpc) is 2.86. The summed E-state index contributed by atoms with van der Waals surface area (Å²) in [5.74, 6) is -5.97. The van der Waals surface area contributed by atoms with Crippen molar-refractivity contribution in [2.45, 2.75) is 43.2 Å². The fourth-order valence-electron chi connectivity index (χ4n) is 3.98. The SMILES string of the molecule is O=C(O)CC(=O)OCC1OC(OC2=Cc3c(O)cc(O)cc3OC2c2cc(O)c(O)c(O)c2)C(O)C(O)C1O. The number of carbonyl (C=O) groups excluding carboxylic acids is 1. The van der Waals surface area contributed by atoms with Crippen LogP contribution in [0, 0.1) is 0 Å². The molecule has 0 radical (unpaired) electrons. The molecule has 1 fully saturated rings. The normalized spacial score (nSPS) is 26.1. The van der Waals surface area contributed by atoms with Gasteiger partial charge < -0.3 is 64.9 Å². The number of ether oxygens (including phenoxy) is 4. The molecule has 6 atom stereocenters. The van der Waals surface area contributed by atoms with Crippen LogP contribution in [-0.2, 0) is 23.8 Å². The minimum atomic E-state index is -1.89. The van der Waals surface area contributed by atoms with Gasteiger partial charge in [-0.25, -0.2) is 0 Å². The Kier molecular flexibility index (Phi) is 7.60. The predicted molar refractivity (Wildman–Crippen MR) is 124 cm³/mol. The van der Waals surface area contributed by atoms with Crippen molar-refractivity contribution < 1.29 is 74.5 Å². The highest BCUT2D eigenvalue weighted by Gasteiger charge is 2.46. The van der Waals surface area contributed by atoms with Gasteiger partial charge in [-0.15, -0.1) is 0 Å². The number of esters is 1. The lowest BCUT2D eigenvalue weighted by molar-refractivity contribution is -0.294. The number of benzene rings is 2. The lowest BCUT2D eigenvalue weighted by Gasteiger charge is -2.41. The molecule has 39 heavy (non-hydrogen) atoms. The van der Waals surface area contributed by atoms with Crippen molar-refractivity contribution in [3.05, 3.63) is 41.2 Å². The van der Waals surface area contributed by atoms with Crippen molar-refractivity contribution in [2.24, 2.45) is 0 Å². The Balaban J connectivity index is 1.66. The molecule has 0 bridgehead atoms. The van der Waals surface area contributed by atoms with E-state index in [-0.39, 0.29) is 28.4 Å². The number of rotatable bonds is 7. The summed E-state index contributed by atoms with van der Waals surface area (Å²) in [5, 5.41) is 89.6. The zero-order chi connectivity index (χ0) is 28.6. The first-order valence-electron chi connectivity index (χ1n) is 11.3. The molecule has 0 saturated carbocycles. The van der Waals surface area contributed by atoms with Crippen LogP contribution < -0.4 is 4.74 Å². The second-order valence-electron chi connectivity index (χ2n) is 8.72. The molecule has 15 heteroatoms. The van der Waals surface area contributed by atoms with E-state index < -0.39 is 84.8 Å². The number of carboxylic acid groups (broad SMARTS) is 1. The maximum absolute atomic E-state index is 11.6.